The van der Waals surface area contributed by atoms with Crippen molar-refractivity contribution < 1.29 is 4.79 Å². The number of hydrogen-bond donors (Lipinski definition) is 1. The fourth-order valence-corrected chi connectivity index (χ4v) is 1.51. The van der Waals surface area contributed by atoms with Crippen molar-refractivity contribution in [3.05, 3.63) is 34.4 Å². The van der Waals surface area contributed by atoms with Gasteiger partial charge in [-0.3, -0.25) is 4.79 Å². The van der Waals surface area contributed by atoms with Crippen LogP contribution in [0.15, 0.2) is 12.1 Å². The molecule has 0 aliphatic heterocycles. The van der Waals surface area contributed by atoms with Gasteiger partial charge in [0, 0.05) is 5.56 Å². The maximum atomic E-state index is 11.7. The van der Waals surface area contributed by atoms with Crippen molar-refractivity contribution in [2.24, 2.45) is 0 Å². The summed E-state index contributed by atoms with van der Waals surface area (Å²) in [4.78, 5) is 11.7. The number of nitrogens with one attached hydrogen (secondary N) is 1. The average molecular weight is 191 g/mol. The van der Waals surface area contributed by atoms with Crippen LogP contribution in [0.3, 0.4) is 0 Å². The Bertz CT molecular complexity index is 356. The molecule has 0 saturated carbocycles. The third kappa shape index (κ3) is 2.02. The lowest BCUT2D eigenvalue weighted by atomic mass is 9.96. The molecule has 2 nitrogen and oxygen atoms in total. The van der Waals surface area contributed by atoms with E-state index in [-0.39, 0.29) is 5.78 Å². The average Bonchev–Trinajstić information content (AvgIpc) is 2.15. The van der Waals surface area contributed by atoms with Gasteiger partial charge in [-0.2, -0.15) is 0 Å². The number of hydrogen-bond acceptors (Lipinski definition) is 2. The lowest BCUT2D eigenvalue weighted by molar-refractivity contribution is 0.0993. The van der Waals surface area contributed by atoms with E-state index in [4.69, 9.17) is 0 Å². The van der Waals surface area contributed by atoms with Crippen molar-refractivity contribution in [1.29, 1.82) is 0 Å². The van der Waals surface area contributed by atoms with Crippen molar-refractivity contribution in [2.75, 3.05) is 13.6 Å². The van der Waals surface area contributed by atoms with Crippen molar-refractivity contribution in [1.82, 2.24) is 5.32 Å². The number of Topliss-reactive ketones (excluding diaryl/α,β-unsaturated/α-hetero) is 1. The molecule has 0 aliphatic rings. The molecule has 0 heterocycles. The predicted molar refractivity (Wildman–Crippen MR) is 58.9 cm³/mol. The fourth-order valence-electron chi connectivity index (χ4n) is 1.51. The van der Waals surface area contributed by atoms with Gasteiger partial charge in [-0.25, -0.2) is 0 Å². The summed E-state index contributed by atoms with van der Waals surface area (Å²) < 4.78 is 0. The molecule has 0 bridgehead atoms. The largest absolute Gasteiger partial charge is 0.313 e. The zero-order valence-electron chi connectivity index (χ0n) is 9.27. The highest BCUT2D eigenvalue weighted by Gasteiger charge is 2.10. The van der Waals surface area contributed by atoms with Crippen LogP contribution in [0, 0.1) is 20.8 Å². The lowest BCUT2D eigenvalue weighted by Crippen LogP contribution is -2.19. The molecule has 0 unspecified atom stereocenters. The summed E-state index contributed by atoms with van der Waals surface area (Å²) in [6.45, 7) is 6.53. The van der Waals surface area contributed by atoms with E-state index in [0.29, 0.717) is 6.54 Å². The van der Waals surface area contributed by atoms with Crippen molar-refractivity contribution in [3.8, 4) is 0 Å². The number of carbonyl (C=O) groups excluding carboxylic acids is 1. The Hall–Kier alpha value is -1.15. The monoisotopic (exact) mass is 191 g/mol. The lowest BCUT2D eigenvalue weighted by Gasteiger charge is -2.09. The number of rotatable bonds is 3. The van der Waals surface area contributed by atoms with Gasteiger partial charge in [0.2, 0.25) is 0 Å². The summed E-state index contributed by atoms with van der Waals surface area (Å²) in [5, 5.41) is 2.88. The molecular weight excluding hydrogens is 174 g/mol. The van der Waals surface area contributed by atoms with Crippen LogP contribution in [0.5, 0.6) is 0 Å². The maximum absolute atomic E-state index is 11.7. The standard InChI is InChI=1S/C12H17NO/c1-8-5-6-11(10(3)9(8)2)12(14)7-13-4/h5-6,13H,7H2,1-4H3. The molecule has 14 heavy (non-hydrogen) atoms. The minimum atomic E-state index is 0.160. The zero-order chi connectivity index (χ0) is 10.7. The van der Waals surface area contributed by atoms with Crippen LogP contribution in [-0.4, -0.2) is 19.4 Å². The smallest absolute Gasteiger partial charge is 0.176 e. The van der Waals surface area contributed by atoms with Gasteiger partial charge in [-0.1, -0.05) is 12.1 Å². The molecule has 2 heteroatoms. The first-order valence-electron chi connectivity index (χ1n) is 4.82. The minimum absolute atomic E-state index is 0.160. The van der Waals surface area contributed by atoms with E-state index in [1.165, 1.54) is 11.1 Å². The molecular formula is C12H17NO. The van der Waals surface area contributed by atoms with Gasteiger partial charge in [-0.15, -0.1) is 0 Å². The third-order valence-electron chi connectivity index (χ3n) is 2.70. The highest BCUT2D eigenvalue weighted by Crippen LogP contribution is 2.17. The molecule has 0 amide bonds. The van der Waals surface area contributed by atoms with Crippen LogP contribution >= 0.6 is 0 Å². The Kier molecular flexibility index (Phi) is 3.42. The zero-order valence-corrected chi connectivity index (χ0v) is 9.27. The number of aryl methyl sites for hydroxylation is 1. The summed E-state index contributed by atoms with van der Waals surface area (Å²) in [5.74, 6) is 0.160. The third-order valence-corrected chi connectivity index (χ3v) is 2.70. The maximum Gasteiger partial charge on any atom is 0.176 e. The van der Waals surface area contributed by atoms with E-state index in [2.05, 4.69) is 19.2 Å². The summed E-state index contributed by atoms with van der Waals surface area (Å²) in [6, 6.07) is 3.92. The summed E-state index contributed by atoms with van der Waals surface area (Å²) in [6.07, 6.45) is 0. The van der Waals surface area contributed by atoms with Gasteiger partial charge < -0.3 is 5.32 Å². The van der Waals surface area contributed by atoms with Gasteiger partial charge in [-0.05, 0) is 44.5 Å². The number of likely N-dealkylation sites (N-methyl/N-ethyl adjacent to an activating group) is 1. The normalized spacial score (nSPS) is 10.3. The highest BCUT2D eigenvalue weighted by atomic mass is 16.1. The van der Waals surface area contributed by atoms with Gasteiger partial charge in [0.25, 0.3) is 0 Å². The molecule has 1 aromatic carbocycles. The predicted octanol–water partition coefficient (Wildman–Crippen LogP) is 2.01. The molecule has 1 N–H and O–H groups in total. The molecule has 0 fully saturated rings. The summed E-state index contributed by atoms with van der Waals surface area (Å²) >= 11 is 0. The van der Waals surface area contributed by atoms with Crippen LogP contribution in [0.1, 0.15) is 27.0 Å². The van der Waals surface area contributed by atoms with Crippen molar-refractivity contribution in [2.45, 2.75) is 20.8 Å². The van der Waals surface area contributed by atoms with E-state index in [9.17, 15) is 4.79 Å². The topological polar surface area (TPSA) is 29.1 Å². The quantitative estimate of drug-likeness (QED) is 0.740. The molecule has 0 aromatic heterocycles. The van der Waals surface area contributed by atoms with Gasteiger partial charge >= 0.3 is 0 Å². The van der Waals surface area contributed by atoms with Gasteiger partial charge in [0.05, 0.1) is 6.54 Å². The molecule has 0 aliphatic carbocycles. The van der Waals surface area contributed by atoms with Crippen molar-refractivity contribution in [3.63, 3.8) is 0 Å². The second-order valence-electron chi connectivity index (χ2n) is 3.63. The summed E-state index contributed by atoms with van der Waals surface area (Å²) in [5.41, 5.74) is 4.39. The van der Waals surface area contributed by atoms with Crippen LogP contribution < -0.4 is 5.32 Å². The Morgan fingerprint density at radius 3 is 2.43 bits per heavy atom. The number of benzene rings is 1. The SMILES string of the molecule is CNCC(=O)c1ccc(C)c(C)c1C. The molecule has 0 spiro atoms. The van der Waals surface area contributed by atoms with E-state index >= 15 is 0 Å². The van der Waals surface area contributed by atoms with Crippen molar-refractivity contribution >= 4 is 5.78 Å². The first kappa shape index (κ1) is 10.9. The Morgan fingerprint density at radius 1 is 1.21 bits per heavy atom. The van der Waals surface area contributed by atoms with E-state index < -0.39 is 0 Å². The van der Waals surface area contributed by atoms with Crippen LogP contribution in [0.25, 0.3) is 0 Å². The fraction of sp³-hybridized carbons (Fsp3) is 0.417. The van der Waals surface area contributed by atoms with Crippen LogP contribution in [0.4, 0.5) is 0 Å². The molecule has 0 atom stereocenters. The van der Waals surface area contributed by atoms with Crippen LogP contribution in [-0.2, 0) is 0 Å². The Morgan fingerprint density at radius 2 is 1.86 bits per heavy atom. The van der Waals surface area contributed by atoms with E-state index in [1.54, 1.807) is 7.05 Å². The molecule has 1 rings (SSSR count). The summed E-state index contributed by atoms with van der Waals surface area (Å²) in [7, 11) is 1.79. The van der Waals surface area contributed by atoms with Gasteiger partial charge in [0.15, 0.2) is 5.78 Å². The molecule has 0 radical (unpaired) electrons. The van der Waals surface area contributed by atoms with Crippen LogP contribution in [0.2, 0.25) is 0 Å². The molecule has 1 aromatic rings. The number of carbonyl (C=O) groups is 1. The number of ketones is 1. The first-order valence-corrected chi connectivity index (χ1v) is 4.82. The second kappa shape index (κ2) is 4.38. The minimum Gasteiger partial charge on any atom is -0.313 e. The molecule has 0 saturated heterocycles. The first-order chi connectivity index (χ1) is 6.57. The van der Waals surface area contributed by atoms with Gasteiger partial charge in [0.1, 0.15) is 0 Å². The molecule has 76 valence electrons. The Balaban J connectivity index is 3.11. The highest BCUT2D eigenvalue weighted by molar-refractivity contribution is 5.99. The second-order valence-corrected chi connectivity index (χ2v) is 3.63. The Labute approximate surface area is 85.3 Å². The van der Waals surface area contributed by atoms with E-state index in [0.717, 1.165) is 11.1 Å². The van der Waals surface area contributed by atoms with E-state index in [1.807, 2.05) is 19.1 Å².